The van der Waals surface area contributed by atoms with Crippen LogP contribution in [-0.4, -0.2) is 26.5 Å². The second kappa shape index (κ2) is 6.48. The van der Waals surface area contributed by atoms with E-state index in [-0.39, 0.29) is 0 Å². The van der Waals surface area contributed by atoms with Gasteiger partial charge in [-0.25, -0.2) is 0 Å². The van der Waals surface area contributed by atoms with E-state index in [1.165, 1.54) is 5.56 Å². The van der Waals surface area contributed by atoms with E-state index in [0.29, 0.717) is 0 Å². The molecule has 3 rings (SSSR count). The van der Waals surface area contributed by atoms with Gasteiger partial charge in [-0.1, -0.05) is 36.4 Å². The summed E-state index contributed by atoms with van der Waals surface area (Å²) in [5.41, 5.74) is 4.53. The van der Waals surface area contributed by atoms with E-state index in [1.807, 2.05) is 24.3 Å². The lowest BCUT2D eigenvalue weighted by atomic mass is 9.96. The zero-order valence-electron chi connectivity index (χ0n) is 12.9. The summed E-state index contributed by atoms with van der Waals surface area (Å²) in [6, 6.07) is 14.3. The first-order valence-electron chi connectivity index (χ1n) is 7.34. The van der Waals surface area contributed by atoms with Crippen LogP contribution < -0.4 is 9.47 Å². The van der Waals surface area contributed by atoms with Gasteiger partial charge in [-0.15, -0.1) is 0 Å². The average Bonchev–Trinajstić information content (AvgIpc) is 2.59. The van der Waals surface area contributed by atoms with Gasteiger partial charge in [0.15, 0.2) is 11.5 Å². The molecule has 2 aromatic carbocycles. The van der Waals surface area contributed by atoms with Gasteiger partial charge in [-0.05, 0) is 35.8 Å². The largest absolute Gasteiger partial charge is 0.493 e. The fourth-order valence-electron chi connectivity index (χ4n) is 2.63. The molecule has 22 heavy (non-hydrogen) atoms. The Balaban J connectivity index is 1.96. The quantitative estimate of drug-likeness (QED) is 0.859. The summed E-state index contributed by atoms with van der Waals surface area (Å²) in [6.45, 7) is 0.803. The maximum Gasteiger partial charge on any atom is 0.161 e. The molecule has 0 bridgehead atoms. The maximum atomic E-state index is 5.41. The molecule has 2 aromatic rings. The van der Waals surface area contributed by atoms with Crippen molar-refractivity contribution in [3.05, 3.63) is 65.2 Å². The highest BCUT2D eigenvalue weighted by Crippen LogP contribution is 2.32. The summed E-state index contributed by atoms with van der Waals surface area (Å²) in [5, 5.41) is 0. The Hall–Kier alpha value is -2.55. The molecule has 0 amide bonds. The van der Waals surface area contributed by atoms with E-state index < -0.39 is 0 Å². The molecule has 3 nitrogen and oxygen atoms in total. The van der Waals surface area contributed by atoms with Gasteiger partial charge in [0.1, 0.15) is 0 Å². The predicted molar refractivity (Wildman–Crippen MR) is 90.1 cm³/mol. The van der Waals surface area contributed by atoms with Crippen LogP contribution in [0.5, 0.6) is 11.5 Å². The molecule has 0 fully saturated rings. The van der Waals surface area contributed by atoms with Crippen LogP contribution in [0, 0.1) is 0 Å². The molecule has 1 aliphatic rings. The molecule has 0 radical (unpaired) electrons. The van der Waals surface area contributed by atoms with Crippen molar-refractivity contribution in [2.45, 2.75) is 6.42 Å². The molecule has 1 aliphatic heterocycles. The number of methoxy groups -OCH3 is 2. The van der Waals surface area contributed by atoms with Crippen LogP contribution in [0.15, 0.2) is 53.5 Å². The Morgan fingerprint density at radius 2 is 1.68 bits per heavy atom. The van der Waals surface area contributed by atoms with Gasteiger partial charge in [0, 0.05) is 12.1 Å². The molecule has 0 N–H and O–H groups in total. The lowest BCUT2D eigenvalue weighted by Gasteiger charge is -2.18. The fourth-order valence-corrected chi connectivity index (χ4v) is 2.63. The van der Waals surface area contributed by atoms with Crippen molar-refractivity contribution in [3.63, 3.8) is 0 Å². The first-order valence-corrected chi connectivity index (χ1v) is 7.34. The minimum Gasteiger partial charge on any atom is -0.493 e. The van der Waals surface area contributed by atoms with Crippen LogP contribution in [-0.2, 0) is 6.42 Å². The van der Waals surface area contributed by atoms with Gasteiger partial charge in [-0.3, -0.25) is 4.99 Å². The van der Waals surface area contributed by atoms with E-state index in [4.69, 9.17) is 9.47 Å². The summed E-state index contributed by atoms with van der Waals surface area (Å²) in [7, 11) is 3.32. The van der Waals surface area contributed by atoms with Crippen LogP contribution in [0.1, 0.15) is 16.7 Å². The zero-order valence-corrected chi connectivity index (χ0v) is 12.9. The number of aliphatic imine (C=N–C) groups is 1. The molecular weight excluding hydrogens is 274 g/mol. The van der Waals surface area contributed by atoms with Crippen LogP contribution in [0.25, 0.3) is 6.08 Å². The van der Waals surface area contributed by atoms with Crippen LogP contribution >= 0.6 is 0 Å². The molecule has 0 saturated heterocycles. The summed E-state index contributed by atoms with van der Waals surface area (Å²) < 4.78 is 10.8. The highest BCUT2D eigenvalue weighted by Gasteiger charge is 2.16. The van der Waals surface area contributed by atoms with E-state index in [2.05, 4.69) is 35.3 Å². The third-order valence-corrected chi connectivity index (χ3v) is 3.78. The highest BCUT2D eigenvalue weighted by molar-refractivity contribution is 6.12. The number of benzene rings is 2. The first-order chi connectivity index (χ1) is 10.8. The third-order valence-electron chi connectivity index (χ3n) is 3.78. The molecule has 0 atom stereocenters. The molecule has 112 valence electrons. The highest BCUT2D eigenvalue weighted by atomic mass is 16.5. The van der Waals surface area contributed by atoms with E-state index >= 15 is 0 Å². The van der Waals surface area contributed by atoms with E-state index in [1.54, 1.807) is 14.2 Å². The molecule has 0 spiro atoms. The SMILES string of the molecule is COc1cc2c(cc1OC)C(/C=C\c1ccccc1)=NCC2. The maximum absolute atomic E-state index is 5.41. The zero-order chi connectivity index (χ0) is 15.4. The summed E-state index contributed by atoms with van der Waals surface area (Å²) >= 11 is 0. The Morgan fingerprint density at radius 1 is 0.955 bits per heavy atom. The number of nitrogens with zero attached hydrogens (tertiary/aromatic N) is 1. The minimum atomic E-state index is 0.740. The van der Waals surface area contributed by atoms with Gasteiger partial charge >= 0.3 is 0 Å². The number of hydrogen-bond acceptors (Lipinski definition) is 3. The van der Waals surface area contributed by atoms with E-state index in [0.717, 1.165) is 41.3 Å². The average molecular weight is 293 g/mol. The summed E-state index contributed by atoms with van der Waals surface area (Å²) in [5.74, 6) is 1.51. The Labute approximate surface area is 130 Å². The van der Waals surface area contributed by atoms with Crippen molar-refractivity contribution in [2.75, 3.05) is 20.8 Å². The van der Waals surface area contributed by atoms with Crippen molar-refractivity contribution >= 4 is 11.8 Å². The lowest BCUT2D eigenvalue weighted by Crippen LogP contribution is -2.11. The van der Waals surface area contributed by atoms with Crippen molar-refractivity contribution < 1.29 is 9.47 Å². The fraction of sp³-hybridized carbons (Fsp3) is 0.211. The number of ether oxygens (including phenoxy) is 2. The number of fused-ring (bicyclic) bond motifs is 1. The Kier molecular flexibility index (Phi) is 4.24. The second-order valence-electron chi connectivity index (χ2n) is 5.13. The number of allylic oxidation sites excluding steroid dienone is 1. The number of rotatable bonds is 4. The van der Waals surface area contributed by atoms with Crippen molar-refractivity contribution in [1.29, 1.82) is 0 Å². The van der Waals surface area contributed by atoms with Crippen molar-refractivity contribution in [3.8, 4) is 11.5 Å². The molecular formula is C19H19NO2. The molecule has 0 aliphatic carbocycles. The van der Waals surface area contributed by atoms with Crippen molar-refractivity contribution in [1.82, 2.24) is 0 Å². The smallest absolute Gasteiger partial charge is 0.161 e. The molecule has 0 unspecified atom stereocenters. The molecule has 1 heterocycles. The lowest BCUT2D eigenvalue weighted by molar-refractivity contribution is 0.354. The van der Waals surface area contributed by atoms with E-state index in [9.17, 15) is 0 Å². The molecule has 0 aromatic heterocycles. The van der Waals surface area contributed by atoms with Gasteiger partial charge in [0.25, 0.3) is 0 Å². The molecule has 0 saturated carbocycles. The van der Waals surface area contributed by atoms with Crippen LogP contribution in [0.3, 0.4) is 0 Å². The van der Waals surface area contributed by atoms with Gasteiger partial charge in [-0.2, -0.15) is 0 Å². The van der Waals surface area contributed by atoms with Crippen molar-refractivity contribution in [2.24, 2.45) is 4.99 Å². The van der Waals surface area contributed by atoms with Gasteiger partial charge in [0.2, 0.25) is 0 Å². The topological polar surface area (TPSA) is 30.8 Å². The normalized spacial score (nSPS) is 13.6. The second-order valence-corrected chi connectivity index (χ2v) is 5.13. The Bertz CT molecular complexity index is 718. The van der Waals surface area contributed by atoms with Gasteiger partial charge < -0.3 is 9.47 Å². The first kappa shape index (κ1) is 14.4. The monoisotopic (exact) mass is 293 g/mol. The van der Waals surface area contributed by atoms with Gasteiger partial charge in [0.05, 0.1) is 19.9 Å². The van der Waals surface area contributed by atoms with Crippen LogP contribution in [0.4, 0.5) is 0 Å². The molecule has 3 heteroatoms. The summed E-state index contributed by atoms with van der Waals surface area (Å²) in [4.78, 5) is 4.65. The van der Waals surface area contributed by atoms with Crippen LogP contribution in [0.2, 0.25) is 0 Å². The predicted octanol–water partition coefficient (Wildman–Crippen LogP) is 3.76. The number of hydrogen-bond donors (Lipinski definition) is 0. The minimum absolute atomic E-state index is 0.740. The summed E-state index contributed by atoms with van der Waals surface area (Å²) in [6.07, 6.45) is 5.09. The third kappa shape index (κ3) is 2.89. The Morgan fingerprint density at radius 3 is 2.41 bits per heavy atom. The standard InChI is InChI=1S/C19H19NO2/c1-21-18-12-15-10-11-20-17(16(15)13-19(18)22-2)9-8-14-6-4-3-5-7-14/h3-9,12-13H,10-11H2,1-2H3/b9-8-.